The van der Waals surface area contributed by atoms with E-state index in [9.17, 15) is 4.79 Å². The van der Waals surface area contributed by atoms with Crippen molar-refractivity contribution in [1.82, 2.24) is 15.0 Å². The molecular formula is C22H25N5O. The molecule has 0 atom stereocenters. The van der Waals surface area contributed by atoms with Gasteiger partial charge in [0, 0.05) is 37.7 Å². The molecule has 0 aliphatic heterocycles. The standard InChI is InChI=1S/C22H25N5O/c1-16(2)18-4-6-19(7-5-18)26-22(28)20-14-21(25-15-24-20)27(3)13-10-17-8-11-23-12-9-17/h4-9,11-12,14-16H,10,13H2,1-3H3,(H,26,28). The predicted molar refractivity (Wildman–Crippen MR) is 112 cm³/mol. The van der Waals surface area contributed by atoms with Crippen molar-refractivity contribution < 1.29 is 4.79 Å². The van der Waals surface area contributed by atoms with E-state index in [2.05, 4.69) is 34.1 Å². The minimum Gasteiger partial charge on any atom is -0.359 e. The van der Waals surface area contributed by atoms with Gasteiger partial charge in [0.25, 0.3) is 5.91 Å². The molecule has 0 unspecified atom stereocenters. The first-order valence-electron chi connectivity index (χ1n) is 9.36. The van der Waals surface area contributed by atoms with E-state index in [1.165, 1.54) is 17.5 Å². The van der Waals surface area contributed by atoms with Crippen LogP contribution in [0.15, 0.2) is 61.2 Å². The van der Waals surface area contributed by atoms with Crippen LogP contribution in [0.3, 0.4) is 0 Å². The molecule has 1 aromatic carbocycles. The maximum Gasteiger partial charge on any atom is 0.274 e. The minimum absolute atomic E-state index is 0.247. The van der Waals surface area contributed by atoms with Crippen molar-refractivity contribution in [2.45, 2.75) is 26.2 Å². The maximum absolute atomic E-state index is 12.6. The number of anilines is 2. The van der Waals surface area contributed by atoms with Crippen LogP contribution in [0.5, 0.6) is 0 Å². The molecule has 6 nitrogen and oxygen atoms in total. The summed E-state index contributed by atoms with van der Waals surface area (Å²) in [6.45, 7) is 5.06. The van der Waals surface area contributed by atoms with Crippen molar-refractivity contribution in [2.75, 3.05) is 23.8 Å². The molecule has 1 N–H and O–H groups in total. The van der Waals surface area contributed by atoms with E-state index in [0.29, 0.717) is 17.4 Å². The smallest absolute Gasteiger partial charge is 0.274 e. The van der Waals surface area contributed by atoms with Gasteiger partial charge in [0.1, 0.15) is 17.8 Å². The van der Waals surface area contributed by atoms with Gasteiger partial charge in [0.2, 0.25) is 0 Å². The van der Waals surface area contributed by atoms with Crippen molar-refractivity contribution in [3.63, 3.8) is 0 Å². The van der Waals surface area contributed by atoms with Gasteiger partial charge in [-0.15, -0.1) is 0 Å². The second kappa shape index (κ2) is 9.08. The number of aromatic nitrogens is 3. The quantitative estimate of drug-likeness (QED) is 0.678. The number of benzene rings is 1. The van der Waals surface area contributed by atoms with Crippen LogP contribution in [0.2, 0.25) is 0 Å². The van der Waals surface area contributed by atoms with Gasteiger partial charge in [-0.05, 0) is 47.7 Å². The number of pyridine rings is 1. The number of rotatable bonds is 7. The summed E-state index contributed by atoms with van der Waals surface area (Å²) in [4.78, 5) is 27.0. The molecule has 0 aliphatic rings. The SMILES string of the molecule is CC(C)c1ccc(NC(=O)c2cc(N(C)CCc3ccncc3)ncn2)cc1. The molecule has 0 radical (unpaired) electrons. The van der Waals surface area contributed by atoms with Crippen LogP contribution in [0.25, 0.3) is 0 Å². The molecule has 28 heavy (non-hydrogen) atoms. The van der Waals surface area contributed by atoms with E-state index < -0.39 is 0 Å². The average Bonchev–Trinajstić information content (AvgIpc) is 2.73. The normalized spacial score (nSPS) is 10.7. The summed E-state index contributed by atoms with van der Waals surface area (Å²) in [5, 5.41) is 2.89. The van der Waals surface area contributed by atoms with Crippen LogP contribution in [0, 0.1) is 0 Å². The second-order valence-corrected chi connectivity index (χ2v) is 7.02. The van der Waals surface area contributed by atoms with Crippen molar-refractivity contribution in [2.24, 2.45) is 0 Å². The Hall–Kier alpha value is -3.28. The third kappa shape index (κ3) is 5.13. The highest BCUT2D eigenvalue weighted by atomic mass is 16.1. The molecule has 0 saturated carbocycles. The van der Waals surface area contributed by atoms with E-state index in [-0.39, 0.29) is 5.91 Å². The summed E-state index contributed by atoms with van der Waals surface area (Å²) in [6, 6.07) is 13.6. The molecule has 0 bridgehead atoms. The molecule has 3 aromatic rings. The maximum atomic E-state index is 12.6. The lowest BCUT2D eigenvalue weighted by molar-refractivity contribution is 0.102. The number of hydrogen-bond acceptors (Lipinski definition) is 5. The Bertz CT molecular complexity index is 910. The van der Waals surface area contributed by atoms with Crippen LogP contribution in [0.4, 0.5) is 11.5 Å². The first-order valence-corrected chi connectivity index (χ1v) is 9.36. The highest BCUT2D eigenvalue weighted by molar-refractivity contribution is 6.03. The predicted octanol–water partition coefficient (Wildman–Crippen LogP) is 3.93. The Balaban J connectivity index is 1.63. The molecule has 1 amide bonds. The molecule has 0 spiro atoms. The van der Waals surface area contributed by atoms with Gasteiger partial charge >= 0.3 is 0 Å². The lowest BCUT2D eigenvalue weighted by atomic mass is 10.0. The van der Waals surface area contributed by atoms with Gasteiger partial charge in [-0.3, -0.25) is 9.78 Å². The molecule has 2 heterocycles. The molecule has 144 valence electrons. The fourth-order valence-electron chi connectivity index (χ4n) is 2.79. The minimum atomic E-state index is -0.247. The number of amides is 1. The number of nitrogens with zero attached hydrogens (tertiary/aromatic N) is 4. The van der Waals surface area contributed by atoms with Gasteiger partial charge < -0.3 is 10.2 Å². The monoisotopic (exact) mass is 375 g/mol. The molecule has 0 saturated heterocycles. The lowest BCUT2D eigenvalue weighted by Gasteiger charge is -2.18. The Kier molecular flexibility index (Phi) is 6.32. The fraction of sp³-hybridized carbons (Fsp3) is 0.273. The van der Waals surface area contributed by atoms with E-state index in [4.69, 9.17) is 0 Å². The molecule has 0 fully saturated rings. The van der Waals surface area contributed by atoms with Gasteiger partial charge in [-0.1, -0.05) is 26.0 Å². The van der Waals surface area contributed by atoms with E-state index in [1.54, 1.807) is 18.5 Å². The largest absolute Gasteiger partial charge is 0.359 e. The first kappa shape index (κ1) is 19.5. The summed E-state index contributed by atoms with van der Waals surface area (Å²) >= 11 is 0. The number of nitrogens with one attached hydrogen (secondary N) is 1. The Labute approximate surface area is 165 Å². The second-order valence-electron chi connectivity index (χ2n) is 7.02. The van der Waals surface area contributed by atoms with Crippen LogP contribution < -0.4 is 10.2 Å². The van der Waals surface area contributed by atoms with E-state index in [0.717, 1.165) is 18.7 Å². The van der Waals surface area contributed by atoms with Crippen molar-refractivity contribution in [3.8, 4) is 0 Å². The van der Waals surface area contributed by atoms with Crippen LogP contribution >= 0.6 is 0 Å². The highest BCUT2D eigenvalue weighted by Crippen LogP contribution is 2.18. The number of carbonyl (C=O) groups excluding carboxylic acids is 1. The van der Waals surface area contributed by atoms with Gasteiger partial charge in [0.15, 0.2) is 0 Å². The zero-order valence-electron chi connectivity index (χ0n) is 16.5. The lowest BCUT2D eigenvalue weighted by Crippen LogP contribution is -2.23. The number of hydrogen-bond donors (Lipinski definition) is 1. The van der Waals surface area contributed by atoms with E-state index in [1.807, 2.05) is 48.3 Å². The van der Waals surface area contributed by atoms with Crippen LogP contribution in [-0.4, -0.2) is 34.5 Å². The molecule has 0 aliphatic carbocycles. The van der Waals surface area contributed by atoms with Crippen LogP contribution in [-0.2, 0) is 6.42 Å². The number of carbonyl (C=O) groups is 1. The molecule has 6 heteroatoms. The summed E-state index contributed by atoms with van der Waals surface area (Å²) in [5.74, 6) is 0.921. The Morgan fingerprint density at radius 1 is 1.07 bits per heavy atom. The fourth-order valence-corrected chi connectivity index (χ4v) is 2.79. The van der Waals surface area contributed by atoms with Gasteiger partial charge in [-0.2, -0.15) is 0 Å². The summed E-state index contributed by atoms with van der Waals surface area (Å²) in [6.07, 6.45) is 5.87. The third-order valence-electron chi connectivity index (χ3n) is 4.60. The van der Waals surface area contributed by atoms with Crippen molar-refractivity contribution in [1.29, 1.82) is 0 Å². The topological polar surface area (TPSA) is 71.0 Å². The molecule has 3 rings (SSSR count). The summed E-state index contributed by atoms with van der Waals surface area (Å²) in [7, 11) is 1.95. The Morgan fingerprint density at radius 3 is 2.46 bits per heavy atom. The van der Waals surface area contributed by atoms with Crippen molar-refractivity contribution in [3.05, 3.63) is 78.0 Å². The van der Waals surface area contributed by atoms with E-state index >= 15 is 0 Å². The zero-order valence-corrected chi connectivity index (χ0v) is 16.5. The molecule has 2 aromatic heterocycles. The summed E-state index contributed by atoms with van der Waals surface area (Å²) < 4.78 is 0. The van der Waals surface area contributed by atoms with Crippen LogP contribution in [0.1, 0.15) is 41.4 Å². The summed E-state index contributed by atoms with van der Waals surface area (Å²) in [5.41, 5.74) is 3.53. The molecular weight excluding hydrogens is 350 g/mol. The highest BCUT2D eigenvalue weighted by Gasteiger charge is 2.12. The third-order valence-corrected chi connectivity index (χ3v) is 4.60. The Morgan fingerprint density at radius 2 is 1.79 bits per heavy atom. The first-order chi connectivity index (χ1) is 13.5. The average molecular weight is 375 g/mol. The van der Waals surface area contributed by atoms with Gasteiger partial charge in [0.05, 0.1) is 0 Å². The zero-order chi connectivity index (χ0) is 19.9. The van der Waals surface area contributed by atoms with Gasteiger partial charge in [-0.25, -0.2) is 9.97 Å². The number of likely N-dealkylation sites (N-methyl/N-ethyl adjacent to an activating group) is 1. The van der Waals surface area contributed by atoms with Crippen molar-refractivity contribution >= 4 is 17.4 Å².